The van der Waals surface area contributed by atoms with Crippen molar-refractivity contribution in [1.29, 1.82) is 0 Å². The van der Waals surface area contributed by atoms with Crippen molar-refractivity contribution in [2.45, 2.75) is 19.3 Å². The predicted octanol–water partition coefficient (Wildman–Crippen LogP) is 15.1. The Morgan fingerprint density at radius 2 is 0.852 bits per heavy atom. The third-order valence-electron chi connectivity index (χ3n) is 13.0. The Morgan fingerprint density at radius 3 is 1.56 bits per heavy atom. The number of fused-ring (bicyclic) bond motifs is 3. The standard InChI is InChI=1S/C58H39N3/c1-58(2)51-9-4-3-8-48(51)49-28-26-46(34-52(49)58)37-10-16-40(17-11-37)53-35-54(61-57(60-53)45-22-12-36(13-23-45)38-30-32-59-33-31-38)41-18-14-39(15-19-41)47-27-24-44-21-20-42-6-5-7-43-25-29-50(47)56(44)55(42)43/h3-35H,1-2H3. The van der Waals surface area contributed by atoms with Crippen LogP contribution in [-0.2, 0) is 5.41 Å². The molecule has 2 aromatic heterocycles. The normalized spacial score (nSPS) is 12.9. The third kappa shape index (κ3) is 5.77. The smallest absolute Gasteiger partial charge is 0.160 e. The molecule has 0 bridgehead atoms. The Balaban J connectivity index is 0.925. The first-order chi connectivity index (χ1) is 30.0. The summed E-state index contributed by atoms with van der Waals surface area (Å²) >= 11 is 0. The average Bonchev–Trinajstić information content (AvgIpc) is 3.56. The van der Waals surface area contributed by atoms with E-state index < -0.39 is 0 Å². The Hall–Kier alpha value is -7.75. The molecule has 11 aromatic rings. The molecule has 0 N–H and O–H groups in total. The van der Waals surface area contributed by atoms with Gasteiger partial charge in [-0.1, -0.05) is 178 Å². The van der Waals surface area contributed by atoms with Crippen LogP contribution in [0.4, 0.5) is 0 Å². The number of nitrogens with zero attached hydrogens (tertiary/aromatic N) is 3. The maximum absolute atomic E-state index is 5.22. The quantitative estimate of drug-likeness (QED) is 0.158. The number of pyridine rings is 1. The van der Waals surface area contributed by atoms with Crippen molar-refractivity contribution in [2.24, 2.45) is 0 Å². The van der Waals surface area contributed by atoms with Gasteiger partial charge in [-0.3, -0.25) is 4.98 Å². The van der Waals surface area contributed by atoms with Crippen molar-refractivity contribution < 1.29 is 0 Å². The fraction of sp³-hybridized carbons (Fsp3) is 0.0517. The zero-order chi connectivity index (χ0) is 40.7. The van der Waals surface area contributed by atoms with Gasteiger partial charge in [0.2, 0.25) is 0 Å². The minimum Gasteiger partial charge on any atom is -0.265 e. The highest BCUT2D eigenvalue weighted by atomic mass is 14.9. The molecule has 0 spiro atoms. The van der Waals surface area contributed by atoms with E-state index in [0.29, 0.717) is 5.82 Å². The van der Waals surface area contributed by atoms with E-state index in [-0.39, 0.29) is 5.41 Å². The molecule has 1 aliphatic rings. The highest BCUT2D eigenvalue weighted by Crippen LogP contribution is 2.49. The fourth-order valence-electron chi connectivity index (χ4n) is 9.75. The van der Waals surface area contributed by atoms with Crippen LogP contribution in [0.5, 0.6) is 0 Å². The molecule has 0 amide bonds. The molecular formula is C58H39N3. The molecule has 286 valence electrons. The Bertz CT molecular complexity index is 3440. The second kappa shape index (κ2) is 13.7. The summed E-state index contributed by atoms with van der Waals surface area (Å²) in [7, 11) is 0. The van der Waals surface area contributed by atoms with E-state index in [1.165, 1.54) is 76.8 Å². The van der Waals surface area contributed by atoms with E-state index in [2.05, 4.69) is 195 Å². The minimum absolute atomic E-state index is 0.0493. The second-order valence-corrected chi connectivity index (χ2v) is 16.8. The Labute approximate surface area is 355 Å². The summed E-state index contributed by atoms with van der Waals surface area (Å²) in [5.41, 5.74) is 17.3. The molecule has 0 saturated carbocycles. The molecule has 61 heavy (non-hydrogen) atoms. The first kappa shape index (κ1) is 35.2. The van der Waals surface area contributed by atoms with Gasteiger partial charge in [0, 0.05) is 34.5 Å². The van der Waals surface area contributed by atoms with Crippen LogP contribution < -0.4 is 0 Å². The van der Waals surface area contributed by atoms with Gasteiger partial charge in [0.25, 0.3) is 0 Å². The molecule has 0 radical (unpaired) electrons. The third-order valence-corrected chi connectivity index (χ3v) is 13.0. The Morgan fingerprint density at radius 1 is 0.344 bits per heavy atom. The first-order valence-electron chi connectivity index (χ1n) is 21.0. The first-order valence-corrected chi connectivity index (χ1v) is 21.0. The zero-order valence-corrected chi connectivity index (χ0v) is 33.9. The summed E-state index contributed by atoms with van der Waals surface area (Å²) in [6, 6.07) is 68.3. The van der Waals surface area contributed by atoms with E-state index in [1.54, 1.807) is 0 Å². The van der Waals surface area contributed by atoms with Gasteiger partial charge >= 0.3 is 0 Å². The van der Waals surface area contributed by atoms with Gasteiger partial charge < -0.3 is 0 Å². The van der Waals surface area contributed by atoms with E-state index in [9.17, 15) is 0 Å². The monoisotopic (exact) mass is 777 g/mol. The van der Waals surface area contributed by atoms with Crippen molar-refractivity contribution in [3.63, 3.8) is 0 Å². The molecular weight excluding hydrogens is 739 g/mol. The van der Waals surface area contributed by atoms with Crippen molar-refractivity contribution in [3.05, 3.63) is 212 Å². The van der Waals surface area contributed by atoms with Gasteiger partial charge in [0.05, 0.1) is 11.4 Å². The highest BCUT2D eigenvalue weighted by molar-refractivity contribution is 6.25. The van der Waals surface area contributed by atoms with Gasteiger partial charge in [0.15, 0.2) is 5.82 Å². The average molecular weight is 778 g/mol. The van der Waals surface area contributed by atoms with Gasteiger partial charge in [0.1, 0.15) is 0 Å². The van der Waals surface area contributed by atoms with Crippen LogP contribution in [0.3, 0.4) is 0 Å². The van der Waals surface area contributed by atoms with E-state index in [4.69, 9.17) is 9.97 Å². The van der Waals surface area contributed by atoms with Crippen molar-refractivity contribution in [2.75, 3.05) is 0 Å². The van der Waals surface area contributed by atoms with Crippen LogP contribution in [0.15, 0.2) is 200 Å². The second-order valence-electron chi connectivity index (χ2n) is 16.8. The van der Waals surface area contributed by atoms with Crippen molar-refractivity contribution in [1.82, 2.24) is 15.0 Å². The van der Waals surface area contributed by atoms with Crippen LogP contribution in [0.1, 0.15) is 25.0 Å². The number of hydrogen-bond donors (Lipinski definition) is 0. The van der Waals surface area contributed by atoms with E-state index >= 15 is 0 Å². The lowest BCUT2D eigenvalue weighted by Crippen LogP contribution is -2.14. The molecule has 0 fully saturated rings. The summed E-state index contributed by atoms with van der Waals surface area (Å²) in [6.45, 7) is 4.67. The van der Waals surface area contributed by atoms with Crippen LogP contribution in [-0.4, -0.2) is 15.0 Å². The Kier molecular flexibility index (Phi) is 7.88. The van der Waals surface area contributed by atoms with E-state index in [0.717, 1.165) is 39.2 Å². The predicted molar refractivity (Wildman–Crippen MR) is 254 cm³/mol. The summed E-state index contributed by atoms with van der Waals surface area (Å²) in [5, 5.41) is 7.76. The number of benzene rings is 9. The molecule has 3 heteroatoms. The molecule has 1 aliphatic carbocycles. The SMILES string of the molecule is CC1(C)c2ccccc2-c2ccc(-c3ccc(-c4cc(-c5ccc(-c6ccc7ccc8cccc9ccc6c7c89)cc5)nc(-c5ccc(-c6ccncc6)cc5)n4)cc3)cc21. The molecule has 0 unspecified atom stereocenters. The minimum atomic E-state index is -0.0493. The maximum Gasteiger partial charge on any atom is 0.160 e. The number of rotatable bonds is 6. The van der Waals surface area contributed by atoms with Crippen molar-refractivity contribution in [3.8, 4) is 78.4 Å². The van der Waals surface area contributed by atoms with Gasteiger partial charge in [-0.05, 0) is 112 Å². The van der Waals surface area contributed by atoms with E-state index in [1.807, 2.05) is 24.5 Å². The lowest BCUT2D eigenvalue weighted by Gasteiger charge is -2.22. The van der Waals surface area contributed by atoms with Gasteiger partial charge in [-0.15, -0.1) is 0 Å². The molecule has 2 heterocycles. The van der Waals surface area contributed by atoms with Gasteiger partial charge in [-0.2, -0.15) is 0 Å². The number of aromatic nitrogens is 3. The number of hydrogen-bond acceptors (Lipinski definition) is 3. The molecule has 0 atom stereocenters. The van der Waals surface area contributed by atoms with Gasteiger partial charge in [-0.25, -0.2) is 9.97 Å². The fourth-order valence-corrected chi connectivity index (χ4v) is 9.75. The molecule has 12 rings (SSSR count). The molecule has 0 aliphatic heterocycles. The van der Waals surface area contributed by atoms with Crippen LogP contribution in [0.25, 0.3) is 111 Å². The summed E-state index contributed by atoms with van der Waals surface area (Å²) in [4.78, 5) is 14.6. The summed E-state index contributed by atoms with van der Waals surface area (Å²) in [5.74, 6) is 0.689. The van der Waals surface area contributed by atoms with Crippen LogP contribution in [0, 0.1) is 0 Å². The topological polar surface area (TPSA) is 38.7 Å². The molecule has 9 aromatic carbocycles. The summed E-state index contributed by atoms with van der Waals surface area (Å²) in [6.07, 6.45) is 3.65. The molecule has 0 saturated heterocycles. The highest BCUT2D eigenvalue weighted by Gasteiger charge is 2.35. The zero-order valence-electron chi connectivity index (χ0n) is 33.9. The van der Waals surface area contributed by atoms with Crippen LogP contribution in [0.2, 0.25) is 0 Å². The lowest BCUT2D eigenvalue weighted by molar-refractivity contribution is 0.660. The summed E-state index contributed by atoms with van der Waals surface area (Å²) < 4.78 is 0. The van der Waals surface area contributed by atoms with Crippen LogP contribution >= 0.6 is 0 Å². The maximum atomic E-state index is 5.22. The van der Waals surface area contributed by atoms with Crippen molar-refractivity contribution >= 4 is 32.3 Å². The largest absolute Gasteiger partial charge is 0.265 e. The lowest BCUT2D eigenvalue weighted by atomic mass is 9.81. The molecule has 3 nitrogen and oxygen atoms in total.